The molecule has 0 amide bonds. The molecule has 7 heteroatoms. The molecule has 1 aliphatic heterocycles. The van der Waals surface area contributed by atoms with Gasteiger partial charge in [-0.15, -0.1) is 0 Å². The normalized spacial score (nSPS) is 16.9. The molecular weight excluding hydrogens is 494 g/mol. The molecule has 4 rings (SSSR count). The van der Waals surface area contributed by atoms with Gasteiger partial charge in [0.15, 0.2) is 5.54 Å². The van der Waals surface area contributed by atoms with Crippen molar-refractivity contribution in [1.82, 2.24) is 0 Å². The van der Waals surface area contributed by atoms with Gasteiger partial charge in [-0.1, -0.05) is 54.6 Å². The summed E-state index contributed by atoms with van der Waals surface area (Å²) in [6.07, 6.45) is 5.08. The van der Waals surface area contributed by atoms with Crippen LogP contribution in [0.25, 0.3) is 0 Å². The van der Waals surface area contributed by atoms with Crippen LogP contribution >= 0.6 is 0 Å². The van der Waals surface area contributed by atoms with Gasteiger partial charge in [0.2, 0.25) is 0 Å². The van der Waals surface area contributed by atoms with E-state index in [1.165, 1.54) is 14.2 Å². The zero-order valence-corrected chi connectivity index (χ0v) is 22.8. The van der Waals surface area contributed by atoms with E-state index in [0.29, 0.717) is 34.8 Å². The van der Waals surface area contributed by atoms with Gasteiger partial charge in [-0.25, -0.2) is 9.59 Å². The minimum Gasteiger partial charge on any atom is -0.496 e. The second kappa shape index (κ2) is 11.6. The Morgan fingerprint density at radius 3 is 2.23 bits per heavy atom. The van der Waals surface area contributed by atoms with Crippen LogP contribution in [0.15, 0.2) is 89.9 Å². The summed E-state index contributed by atoms with van der Waals surface area (Å²) in [7, 11) is 2.84. The van der Waals surface area contributed by atoms with Crippen molar-refractivity contribution in [1.29, 1.82) is 0 Å². The van der Waals surface area contributed by atoms with Crippen LogP contribution in [0.5, 0.6) is 11.5 Å². The third kappa shape index (κ3) is 6.03. The molecule has 1 heterocycles. The van der Waals surface area contributed by atoms with Crippen LogP contribution < -0.4 is 9.47 Å². The van der Waals surface area contributed by atoms with Crippen molar-refractivity contribution in [3.63, 3.8) is 0 Å². The van der Waals surface area contributed by atoms with E-state index in [-0.39, 0.29) is 0 Å². The van der Waals surface area contributed by atoms with E-state index in [4.69, 9.17) is 23.9 Å². The molecule has 7 nitrogen and oxygen atoms in total. The van der Waals surface area contributed by atoms with Crippen LogP contribution in [-0.4, -0.2) is 43.5 Å². The van der Waals surface area contributed by atoms with E-state index in [1.807, 2.05) is 75.4 Å². The third-order valence-corrected chi connectivity index (χ3v) is 6.32. The number of nitrogens with zero attached hydrogens (tertiary/aromatic N) is 1. The minimum absolute atomic E-state index is 0.322. The molecule has 3 aromatic carbocycles. The first-order valence-corrected chi connectivity index (χ1v) is 12.7. The molecule has 1 aliphatic rings. The van der Waals surface area contributed by atoms with E-state index in [9.17, 15) is 9.59 Å². The predicted molar refractivity (Wildman–Crippen MR) is 150 cm³/mol. The van der Waals surface area contributed by atoms with E-state index in [0.717, 1.165) is 5.56 Å². The summed E-state index contributed by atoms with van der Waals surface area (Å²) in [5.41, 5.74) is 0.483. The highest BCUT2D eigenvalue weighted by Gasteiger charge is 2.50. The quantitative estimate of drug-likeness (QED) is 0.322. The van der Waals surface area contributed by atoms with Crippen molar-refractivity contribution in [3.05, 3.63) is 107 Å². The molecule has 2 unspecified atom stereocenters. The fourth-order valence-electron chi connectivity index (χ4n) is 4.59. The summed E-state index contributed by atoms with van der Waals surface area (Å²) in [6.45, 7) is 5.79. The fourth-order valence-corrected chi connectivity index (χ4v) is 4.59. The van der Waals surface area contributed by atoms with Crippen LogP contribution in [-0.2, 0) is 20.9 Å². The fraction of sp³-hybridized carbons (Fsp3) is 0.281. The molecule has 3 aromatic rings. The second-order valence-corrected chi connectivity index (χ2v) is 10.2. The number of para-hydroxylation sites is 1. The molecule has 0 fully saturated rings. The number of carbonyl (C=O) groups is 2. The maximum atomic E-state index is 13.9. The number of ether oxygens (including phenoxy) is 4. The van der Waals surface area contributed by atoms with Gasteiger partial charge in [0.25, 0.3) is 0 Å². The first kappa shape index (κ1) is 27.6. The standard InChI is InChI=1S/C32H33NO6/c1-31(2,3)39-30(35)32(18-11-19-33-32)28(25-17-16-23(29(34)37-5)20-27(25)36-4)24-14-9-10-15-26(24)38-21-22-12-7-6-8-13-22/h6-20,28H,21H2,1-5H3. The first-order valence-electron chi connectivity index (χ1n) is 12.7. The molecule has 202 valence electrons. The molecule has 0 bridgehead atoms. The topological polar surface area (TPSA) is 83.4 Å². The van der Waals surface area contributed by atoms with Crippen molar-refractivity contribution in [3.8, 4) is 11.5 Å². The average molecular weight is 528 g/mol. The van der Waals surface area contributed by atoms with E-state index < -0.39 is 29.0 Å². The van der Waals surface area contributed by atoms with Gasteiger partial charge in [0, 0.05) is 17.3 Å². The monoisotopic (exact) mass is 527 g/mol. The van der Waals surface area contributed by atoms with Crippen LogP contribution in [0, 0.1) is 0 Å². The Hall–Kier alpha value is -4.39. The summed E-state index contributed by atoms with van der Waals surface area (Å²) in [6, 6.07) is 22.4. The Labute approximate surface area is 229 Å². The highest BCUT2D eigenvalue weighted by molar-refractivity contribution is 5.94. The van der Waals surface area contributed by atoms with Gasteiger partial charge in [-0.3, -0.25) is 4.99 Å². The number of benzene rings is 3. The number of hydrogen-bond donors (Lipinski definition) is 0. The van der Waals surface area contributed by atoms with E-state index in [1.54, 1.807) is 36.6 Å². The molecule has 39 heavy (non-hydrogen) atoms. The Morgan fingerprint density at radius 1 is 0.897 bits per heavy atom. The van der Waals surface area contributed by atoms with Gasteiger partial charge in [-0.2, -0.15) is 0 Å². The maximum Gasteiger partial charge on any atom is 0.339 e. The SMILES string of the molecule is COC(=O)c1ccc(C(c2ccccc2OCc2ccccc2)C2(C(=O)OC(C)(C)C)C=CC=N2)c(OC)c1. The Kier molecular flexibility index (Phi) is 8.19. The summed E-state index contributed by atoms with van der Waals surface area (Å²) in [5, 5.41) is 0. The molecule has 0 radical (unpaired) electrons. The lowest BCUT2D eigenvalue weighted by Gasteiger charge is -2.36. The Bertz CT molecular complexity index is 1380. The third-order valence-electron chi connectivity index (χ3n) is 6.32. The van der Waals surface area contributed by atoms with Crippen LogP contribution in [0.2, 0.25) is 0 Å². The van der Waals surface area contributed by atoms with Gasteiger partial charge in [0.1, 0.15) is 23.7 Å². The highest BCUT2D eigenvalue weighted by atomic mass is 16.6. The van der Waals surface area contributed by atoms with Gasteiger partial charge >= 0.3 is 11.9 Å². The summed E-state index contributed by atoms with van der Waals surface area (Å²) in [4.78, 5) is 30.9. The van der Waals surface area contributed by atoms with Gasteiger partial charge in [-0.05, 0) is 56.7 Å². The second-order valence-electron chi connectivity index (χ2n) is 10.2. The van der Waals surface area contributed by atoms with Crippen molar-refractivity contribution < 1.29 is 28.5 Å². The van der Waals surface area contributed by atoms with Crippen LogP contribution in [0.3, 0.4) is 0 Å². The summed E-state index contributed by atoms with van der Waals surface area (Å²) in [5.74, 6) is -0.732. The van der Waals surface area contributed by atoms with Crippen LogP contribution in [0.1, 0.15) is 53.7 Å². The smallest absolute Gasteiger partial charge is 0.339 e. The lowest BCUT2D eigenvalue weighted by molar-refractivity contribution is -0.159. The number of aliphatic imine (C=N–C) groups is 1. The number of hydrogen-bond acceptors (Lipinski definition) is 7. The van der Waals surface area contributed by atoms with Crippen molar-refractivity contribution >= 4 is 18.2 Å². The number of allylic oxidation sites excluding steroid dienone is 1. The van der Waals surface area contributed by atoms with Crippen molar-refractivity contribution in [2.45, 2.75) is 44.4 Å². The average Bonchev–Trinajstić information content (AvgIpc) is 3.43. The first-order chi connectivity index (χ1) is 18.7. The molecule has 0 aliphatic carbocycles. The summed E-state index contributed by atoms with van der Waals surface area (Å²) >= 11 is 0. The zero-order valence-electron chi connectivity index (χ0n) is 22.8. The molecule has 2 atom stereocenters. The predicted octanol–water partition coefficient (Wildman–Crippen LogP) is 5.91. The molecule has 0 N–H and O–H groups in total. The number of rotatable bonds is 9. The van der Waals surface area contributed by atoms with Crippen molar-refractivity contribution in [2.75, 3.05) is 14.2 Å². The van der Waals surface area contributed by atoms with Gasteiger partial charge < -0.3 is 18.9 Å². The lowest BCUT2D eigenvalue weighted by atomic mass is 9.74. The molecule has 0 spiro atoms. The molecule has 0 saturated carbocycles. The molecular formula is C32H33NO6. The van der Waals surface area contributed by atoms with E-state index >= 15 is 0 Å². The summed E-state index contributed by atoms with van der Waals surface area (Å²) < 4.78 is 22.9. The highest BCUT2D eigenvalue weighted by Crippen LogP contribution is 2.48. The number of esters is 2. The number of carbonyl (C=O) groups excluding carboxylic acids is 2. The maximum absolute atomic E-state index is 13.9. The van der Waals surface area contributed by atoms with Crippen molar-refractivity contribution in [2.24, 2.45) is 4.99 Å². The minimum atomic E-state index is -1.44. The molecule has 0 saturated heterocycles. The Morgan fingerprint density at radius 2 is 1.59 bits per heavy atom. The Balaban J connectivity index is 1.91. The van der Waals surface area contributed by atoms with Crippen LogP contribution in [0.4, 0.5) is 0 Å². The van der Waals surface area contributed by atoms with Gasteiger partial charge in [0.05, 0.1) is 25.7 Å². The largest absolute Gasteiger partial charge is 0.496 e. The number of methoxy groups -OCH3 is 2. The van der Waals surface area contributed by atoms with E-state index in [2.05, 4.69) is 0 Å². The lowest BCUT2D eigenvalue weighted by Crippen LogP contribution is -2.45. The molecule has 0 aromatic heterocycles. The zero-order chi connectivity index (χ0) is 28.0.